The van der Waals surface area contributed by atoms with Crippen LogP contribution in [0, 0.1) is 6.92 Å². The molecule has 0 unspecified atom stereocenters. The molecule has 0 bridgehead atoms. The summed E-state index contributed by atoms with van der Waals surface area (Å²) >= 11 is 0. The van der Waals surface area contributed by atoms with Crippen LogP contribution >= 0.6 is 0 Å². The van der Waals surface area contributed by atoms with Crippen molar-refractivity contribution in [3.8, 4) is 0 Å². The highest BCUT2D eigenvalue weighted by Crippen LogP contribution is 2.14. The maximum absolute atomic E-state index is 12.1. The zero-order valence-corrected chi connectivity index (χ0v) is 11.4. The fraction of sp³-hybridized carbons (Fsp3) is 0.333. The molecular weight excluding hydrogens is 228 g/mol. The van der Waals surface area contributed by atoms with E-state index in [4.69, 9.17) is 0 Å². The average Bonchev–Trinajstić information content (AvgIpc) is 2.35. The highest BCUT2D eigenvalue weighted by molar-refractivity contribution is 7.88. The summed E-state index contributed by atoms with van der Waals surface area (Å²) in [4.78, 5) is 0.853. The molecule has 0 aliphatic heterocycles. The van der Waals surface area contributed by atoms with Crippen LogP contribution in [0.25, 0.3) is 0 Å². The third-order valence-corrected chi connectivity index (χ3v) is 3.85. The number of allylic oxidation sites excluding steroid dienone is 2. The van der Waals surface area contributed by atoms with E-state index in [-0.39, 0.29) is 0 Å². The van der Waals surface area contributed by atoms with Crippen LogP contribution in [-0.4, -0.2) is 4.21 Å². The molecule has 1 nitrogen and oxygen atoms in total. The third kappa shape index (κ3) is 4.70. The van der Waals surface area contributed by atoms with Crippen molar-refractivity contribution in [1.29, 1.82) is 0 Å². The lowest BCUT2D eigenvalue weighted by Gasteiger charge is -2.02. The highest BCUT2D eigenvalue weighted by Gasteiger charge is 2.01. The van der Waals surface area contributed by atoms with E-state index in [0.717, 1.165) is 29.7 Å². The van der Waals surface area contributed by atoms with Crippen LogP contribution in [-0.2, 0) is 10.8 Å². The van der Waals surface area contributed by atoms with E-state index in [0.29, 0.717) is 0 Å². The van der Waals surface area contributed by atoms with Gasteiger partial charge in [0.05, 0.1) is 10.8 Å². The first kappa shape index (κ1) is 13.9. The first-order valence-electron chi connectivity index (χ1n) is 5.97. The van der Waals surface area contributed by atoms with Crippen molar-refractivity contribution in [3.05, 3.63) is 53.5 Å². The Kier molecular flexibility index (Phi) is 5.92. The van der Waals surface area contributed by atoms with Crippen molar-refractivity contribution in [2.45, 2.75) is 38.0 Å². The Balaban J connectivity index is 2.78. The Morgan fingerprint density at radius 3 is 2.53 bits per heavy atom. The number of hydrogen-bond acceptors (Lipinski definition) is 1. The van der Waals surface area contributed by atoms with E-state index in [1.165, 1.54) is 5.56 Å². The molecule has 0 heterocycles. The summed E-state index contributed by atoms with van der Waals surface area (Å²) in [6.07, 6.45) is 5.02. The molecule has 0 amide bonds. The number of benzene rings is 1. The molecule has 2 heteroatoms. The average molecular weight is 248 g/mol. The Hall–Kier alpha value is -1.15. The van der Waals surface area contributed by atoms with Gasteiger partial charge in [-0.25, -0.2) is 4.21 Å². The van der Waals surface area contributed by atoms with Gasteiger partial charge in [-0.3, -0.25) is 0 Å². The van der Waals surface area contributed by atoms with E-state index < -0.39 is 10.8 Å². The molecule has 0 radical (unpaired) electrons. The van der Waals surface area contributed by atoms with Crippen molar-refractivity contribution < 1.29 is 4.21 Å². The van der Waals surface area contributed by atoms with E-state index in [1.54, 1.807) is 0 Å². The summed E-state index contributed by atoms with van der Waals surface area (Å²) in [6, 6.07) is 7.81. The number of hydrogen-bond donors (Lipinski definition) is 0. The summed E-state index contributed by atoms with van der Waals surface area (Å²) in [7, 11) is -1.06. The highest BCUT2D eigenvalue weighted by atomic mass is 32.2. The van der Waals surface area contributed by atoms with Gasteiger partial charge in [0.25, 0.3) is 0 Å². The summed E-state index contributed by atoms with van der Waals surface area (Å²) in [5.74, 6) is 0. The Morgan fingerprint density at radius 1 is 1.35 bits per heavy atom. The number of rotatable bonds is 6. The molecule has 1 aromatic rings. The molecule has 0 aliphatic rings. The van der Waals surface area contributed by atoms with E-state index in [1.807, 2.05) is 42.7 Å². The largest absolute Gasteiger partial charge is 0.250 e. The van der Waals surface area contributed by atoms with Crippen molar-refractivity contribution in [2.75, 3.05) is 0 Å². The maximum atomic E-state index is 12.1. The minimum absolute atomic E-state index is 0.853. The van der Waals surface area contributed by atoms with Gasteiger partial charge in [0, 0.05) is 10.3 Å². The lowest BCUT2D eigenvalue weighted by molar-refractivity contribution is 0.688. The van der Waals surface area contributed by atoms with Crippen LogP contribution < -0.4 is 0 Å². The summed E-state index contributed by atoms with van der Waals surface area (Å²) in [5, 5.41) is 1.81. The minimum Gasteiger partial charge on any atom is -0.250 e. The van der Waals surface area contributed by atoms with Crippen LogP contribution in [0.2, 0.25) is 0 Å². The molecule has 17 heavy (non-hydrogen) atoms. The predicted octanol–water partition coefficient (Wildman–Crippen LogP) is 4.36. The van der Waals surface area contributed by atoms with Gasteiger partial charge in [-0.05, 0) is 37.5 Å². The molecular formula is C15H20OS. The quantitative estimate of drug-likeness (QED) is 0.683. The lowest BCUT2D eigenvalue weighted by Crippen LogP contribution is -1.89. The smallest absolute Gasteiger partial charge is 0.0778 e. The van der Waals surface area contributed by atoms with Gasteiger partial charge in [-0.15, -0.1) is 0 Å². The van der Waals surface area contributed by atoms with Crippen LogP contribution in [0.15, 0.2) is 52.8 Å². The van der Waals surface area contributed by atoms with Crippen molar-refractivity contribution >= 4 is 10.8 Å². The standard InChI is InChI=1S/C15H20OS/c1-4-6-7-14(5-2)12-17(16)15-10-8-13(3)9-11-15/h5,8-12H,2,4,6-7H2,1,3H3/b14-12+/t17-/m0/s1. The first-order chi connectivity index (χ1) is 8.17. The third-order valence-electron chi connectivity index (χ3n) is 2.59. The van der Waals surface area contributed by atoms with Gasteiger partial charge in [-0.1, -0.05) is 43.7 Å². The lowest BCUT2D eigenvalue weighted by atomic mass is 10.1. The number of unbranched alkanes of at least 4 members (excludes halogenated alkanes) is 1. The van der Waals surface area contributed by atoms with Crippen LogP contribution in [0.5, 0.6) is 0 Å². The van der Waals surface area contributed by atoms with Gasteiger partial charge in [-0.2, -0.15) is 0 Å². The SMILES string of the molecule is C=C/C(=C\[S@](=O)c1ccc(C)cc1)CCCC. The van der Waals surface area contributed by atoms with Crippen molar-refractivity contribution in [2.24, 2.45) is 0 Å². The fourth-order valence-corrected chi connectivity index (χ4v) is 2.50. The topological polar surface area (TPSA) is 17.1 Å². The van der Waals surface area contributed by atoms with E-state index >= 15 is 0 Å². The van der Waals surface area contributed by atoms with Gasteiger partial charge >= 0.3 is 0 Å². The molecule has 0 saturated heterocycles. The van der Waals surface area contributed by atoms with Gasteiger partial charge in [0.15, 0.2) is 0 Å². The first-order valence-corrected chi connectivity index (χ1v) is 7.19. The van der Waals surface area contributed by atoms with Gasteiger partial charge in [0.2, 0.25) is 0 Å². The monoisotopic (exact) mass is 248 g/mol. The molecule has 0 spiro atoms. The molecule has 0 N–H and O–H groups in total. The molecule has 0 saturated carbocycles. The normalized spacial score (nSPS) is 13.4. The van der Waals surface area contributed by atoms with E-state index in [2.05, 4.69) is 13.5 Å². The second-order valence-corrected chi connectivity index (χ2v) is 5.41. The Bertz CT molecular complexity index is 415. The van der Waals surface area contributed by atoms with Crippen LogP contribution in [0.3, 0.4) is 0 Å². The molecule has 92 valence electrons. The maximum Gasteiger partial charge on any atom is 0.0778 e. The summed E-state index contributed by atoms with van der Waals surface area (Å²) in [6.45, 7) is 7.95. The van der Waals surface area contributed by atoms with Crippen LogP contribution in [0.1, 0.15) is 31.7 Å². The van der Waals surface area contributed by atoms with E-state index in [9.17, 15) is 4.21 Å². The van der Waals surface area contributed by atoms with Gasteiger partial charge < -0.3 is 0 Å². The number of aryl methyl sites for hydroxylation is 1. The Labute approximate surface area is 107 Å². The fourth-order valence-electron chi connectivity index (χ4n) is 1.47. The second-order valence-electron chi connectivity index (χ2n) is 4.11. The second kappa shape index (κ2) is 7.23. The Morgan fingerprint density at radius 2 is 2.00 bits per heavy atom. The van der Waals surface area contributed by atoms with Crippen LogP contribution in [0.4, 0.5) is 0 Å². The molecule has 1 rings (SSSR count). The van der Waals surface area contributed by atoms with Gasteiger partial charge in [0.1, 0.15) is 0 Å². The zero-order valence-electron chi connectivity index (χ0n) is 10.6. The van der Waals surface area contributed by atoms with Crippen molar-refractivity contribution in [3.63, 3.8) is 0 Å². The summed E-state index contributed by atoms with van der Waals surface area (Å²) < 4.78 is 12.1. The zero-order chi connectivity index (χ0) is 12.7. The molecule has 1 aromatic carbocycles. The molecule has 0 aromatic heterocycles. The summed E-state index contributed by atoms with van der Waals surface area (Å²) in [5.41, 5.74) is 2.26. The van der Waals surface area contributed by atoms with Crippen molar-refractivity contribution in [1.82, 2.24) is 0 Å². The minimum atomic E-state index is -1.06. The molecule has 0 aliphatic carbocycles. The molecule has 1 atom stereocenters. The predicted molar refractivity (Wildman–Crippen MR) is 75.4 cm³/mol. The molecule has 0 fully saturated rings.